The van der Waals surface area contributed by atoms with Crippen molar-refractivity contribution in [1.29, 1.82) is 0 Å². The first kappa shape index (κ1) is 12.7. The molecule has 0 radical (unpaired) electrons. The molecule has 0 atom stereocenters. The van der Waals surface area contributed by atoms with E-state index in [0.717, 1.165) is 4.47 Å². The lowest BCUT2D eigenvalue weighted by atomic mass is 10.2. The summed E-state index contributed by atoms with van der Waals surface area (Å²) in [6.07, 6.45) is 4.63. The first-order chi connectivity index (χ1) is 9.72. The fourth-order valence-electron chi connectivity index (χ4n) is 1.75. The summed E-state index contributed by atoms with van der Waals surface area (Å²) in [6, 6.07) is 9.05. The molecule has 3 aromatic rings. The van der Waals surface area contributed by atoms with E-state index in [2.05, 4.69) is 36.2 Å². The average molecular weight is 329 g/mol. The Hall–Kier alpha value is -2.34. The molecule has 0 aliphatic carbocycles. The third-order valence-corrected chi connectivity index (χ3v) is 3.16. The Bertz CT molecular complexity index is 791. The summed E-state index contributed by atoms with van der Waals surface area (Å²) in [7, 11) is 0. The zero-order chi connectivity index (χ0) is 13.9. The number of pyridine rings is 1. The molecule has 1 amide bonds. The molecule has 1 N–H and O–H groups in total. The Labute approximate surface area is 123 Å². The lowest BCUT2D eigenvalue weighted by Gasteiger charge is -2.05. The lowest BCUT2D eigenvalue weighted by Crippen LogP contribution is -2.12. The van der Waals surface area contributed by atoms with Crippen LogP contribution in [-0.2, 0) is 0 Å². The number of hydrogen-bond donors (Lipinski definition) is 1. The Morgan fingerprint density at radius 1 is 1.10 bits per heavy atom. The molecule has 3 rings (SSSR count). The second kappa shape index (κ2) is 5.34. The normalized spacial score (nSPS) is 10.4. The Morgan fingerprint density at radius 3 is 2.80 bits per heavy atom. The smallest absolute Gasteiger partial charge is 0.257 e. The molecule has 0 bridgehead atoms. The summed E-state index contributed by atoms with van der Waals surface area (Å²) in [5.74, 6) is -0.233. The minimum Gasteiger partial charge on any atom is -0.322 e. The molecular formula is C14H9BrN4O. The van der Waals surface area contributed by atoms with Gasteiger partial charge in [-0.2, -0.15) is 0 Å². The molecule has 2 aromatic heterocycles. The van der Waals surface area contributed by atoms with Crippen LogP contribution in [0.2, 0.25) is 0 Å². The van der Waals surface area contributed by atoms with Crippen molar-refractivity contribution in [2.24, 2.45) is 0 Å². The molecule has 0 saturated carbocycles. The number of hydrogen-bond acceptors (Lipinski definition) is 4. The second-order valence-corrected chi connectivity index (χ2v) is 5.00. The number of rotatable bonds is 2. The number of nitrogens with one attached hydrogen (secondary N) is 1. The number of carbonyl (C=O) groups excluding carboxylic acids is 1. The highest BCUT2D eigenvalue weighted by Crippen LogP contribution is 2.17. The minimum absolute atomic E-state index is 0.233. The average Bonchev–Trinajstić information content (AvgIpc) is 2.47. The molecule has 6 heteroatoms. The van der Waals surface area contributed by atoms with Crippen molar-refractivity contribution in [2.75, 3.05) is 5.32 Å². The maximum Gasteiger partial charge on any atom is 0.257 e. The Kier molecular flexibility index (Phi) is 3.39. The predicted octanol–water partition coefficient (Wildman–Crippen LogP) is 3.04. The Morgan fingerprint density at radius 2 is 1.95 bits per heavy atom. The highest BCUT2D eigenvalue weighted by molar-refractivity contribution is 9.10. The van der Waals surface area contributed by atoms with Crippen molar-refractivity contribution in [2.45, 2.75) is 0 Å². The second-order valence-electron chi connectivity index (χ2n) is 4.09. The van der Waals surface area contributed by atoms with Crippen LogP contribution in [0.25, 0.3) is 11.2 Å². The number of carbonyl (C=O) groups is 1. The summed E-state index contributed by atoms with van der Waals surface area (Å²) in [4.78, 5) is 24.5. The first-order valence-electron chi connectivity index (χ1n) is 5.86. The summed E-state index contributed by atoms with van der Waals surface area (Å²) in [6.45, 7) is 0. The van der Waals surface area contributed by atoms with E-state index < -0.39 is 0 Å². The van der Waals surface area contributed by atoms with Gasteiger partial charge in [0.05, 0.1) is 5.56 Å². The predicted molar refractivity (Wildman–Crippen MR) is 79.4 cm³/mol. The summed E-state index contributed by atoms with van der Waals surface area (Å²) < 4.78 is 0.901. The van der Waals surface area contributed by atoms with E-state index in [4.69, 9.17) is 0 Å². The van der Waals surface area contributed by atoms with Crippen LogP contribution in [0.1, 0.15) is 10.4 Å². The van der Waals surface area contributed by atoms with Crippen molar-refractivity contribution in [3.63, 3.8) is 0 Å². The van der Waals surface area contributed by atoms with Gasteiger partial charge in [0, 0.05) is 28.8 Å². The quantitative estimate of drug-likeness (QED) is 0.785. The lowest BCUT2D eigenvalue weighted by molar-refractivity contribution is 0.102. The number of fused-ring (bicyclic) bond motifs is 1. The van der Waals surface area contributed by atoms with Crippen LogP contribution >= 0.6 is 15.9 Å². The van der Waals surface area contributed by atoms with Gasteiger partial charge in [-0.15, -0.1) is 0 Å². The van der Waals surface area contributed by atoms with E-state index in [0.29, 0.717) is 22.4 Å². The Balaban J connectivity index is 1.88. The van der Waals surface area contributed by atoms with Crippen molar-refractivity contribution in [3.05, 3.63) is 59.0 Å². The summed E-state index contributed by atoms with van der Waals surface area (Å²) in [5, 5.41) is 2.81. The molecule has 0 fully saturated rings. The number of anilines is 1. The van der Waals surface area contributed by atoms with E-state index in [1.807, 2.05) is 24.3 Å². The largest absolute Gasteiger partial charge is 0.322 e. The van der Waals surface area contributed by atoms with E-state index in [9.17, 15) is 4.79 Å². The van der Waals surface area contributed by atoms with E-state index in [1.54, 1.807) is 18.5 Å². The topological polar surface area (TPSA) is 67.8 Å². The van der Waals surface area contributed by atoms with Crippen molar-refractivity contribution in [3.8, 4) is 0 Å². The summed E-state index contributed by atoms with van der Waals surface area (Å²) >= 11 is 3.36. The van der Waals surface area contributed by atoms with Crippen LogP contribution in [0.5, 0.6) is 0 Å². The van der Waals surface area contributed by atoms with Crippen LogP contribution in [0.4, 0.5) is 5.69 Å². The van der Waals surface area contributed by atoms with Crippen molar-refractivity contribution < 1.29 is 4.79 Å². The minimum atomic E-state index is -0.233. The number of amides is 1. The molecule has 5 nitrogen and oxygen atoms in total. The van der Waals surface area contributed by atoms with Crippen molar-refractivity contribution in [1.82, 2.24) is 15.0 Å². The molecule has 0 aliphatic heterocycles. The van der Waals surface area contributed by atoms with Gasteiger partial charge in [-0.05, 0) is 24.3 Å². The molecule has 98 valence electrons. The number of halogens is 1. The van der Waals surface area contributed by atoms with E-state index in [-0.39, 0.29) is 5.91 Å². The summed E-state index contributed by atoms with van der Waals surface area (Å²) in [5.41, 5.74) is 2.27. The zero-order valence-corrected chi connectivity index (χ0v) is 11.8. The molecule has 0 saturated heterocycles. The monoisotopic (exact) mass is 328 g/mol. The van der Waals surface area contributed by atoms with Gasteiger partial charge in [0.2, 0.25) is 0 Å². The van der Waals surface area contributed by atoms with E-state index >= 15 is 0 Å². The SMILES string of the molecule is O=C(Nc1cccc(Br)c1)c1cnc2nccnc2c1. The number of nitrogens with zero attached hydrogens (tertiary/aromatic N) is 3. The maximum absolute atomic E-state index is 12.2. The fourth-order valence-corrected chi connectivity index (χ4v) is 2.15. The van der Waals surface area contributed by atoms with Gasteiger partial charge in [0.25, 0.3) is 5.91 Å². The van der Waals surface area contributed by atoms with Crippen LogP contribution < -0.4 is 5.32 Å². The highest BCUT2D eigenvalue weighted by Gasteiger charge is 2.08. The fraction of sp³-hybridized carbons (Fsp3) is 0. The highest BCUT2D eigenvalue weighted by atomic mass is 79.9. The van der Waals surface area contributed by atoms with Crippen LogP contribution in [0.3, 0.4) is 0 Å². The van der Waals surface area contributed by atoms with Gasteiger partial charge in [-0.25, -0.2) is 9.97 Å². The first-order valence-corrected chi connectivity index (χ1v) is 6.65. The third kappa shape index (κ3) is 2.65. The molecule has 20 heavy (non-hydrogen) atoms. The van der Waals surface area contributed by atoms with Crippen molar-refractivity contribution >= 4 is 38.7 Å². The van der Waals surface area contributed by atoms with Gasteiger partial charge in [0.1, 0.15) is 5.52 Å². The molecule has 1 aromatic carbocycles. The molecule has 0 aliphatic rings. The van der Waals surface area contributed by atoms with Gasteiger partial charge in [-0.1, -0.05) is 22.0 Å². The maximum atomic E-state index is 12.2. The van der Waals surface area contributed by atoms with Gasteiger partial charge >= 0.3 is 0 Å². The van der Waals surface area contributed by atoms with Gasteiger partial charge < -0.3 is 5.32 Å². The van der Waals surface area contributed by atoms with Crippen LogP contribution in [-0.4, -0.2) is 20.9 Å². The van der Waals surface area contributed by atoms with E-state index in [1.165, 1.54) is 6.20 Å². The molecule has 0 unspecified atom stereocenters. The third-order valence-electron chi connectivity index (χ3n) is 2.67. The number of benzene rings is 1. The van der Waals surface area contributed by atoms with Gasteiger partial charge in [-0.3, -0.25) is 9.78 Å². The van der Waals surface area contributed by atoms with Crippen LogP contribution in [0.15, 0.2) is 53.4 Å². The number of aromatic nitrogens is 3. The van der Waals surface area contributed by atoms with Crippen LogP contribution in [0, 0.1) is 0 Å². The molecule has 0 spiro atoms. The molecule has 2 heterocycles. The van der Waals surface area contributed by atoms with Gasteiger partial charge in [0.15, 0.2) is 5.65 Å². The molecular weight excluding hydrogens is 320 g/mol. The standard InChI is InChI=1S/C14H9BrN4O/c15-10-2-1-3-11(7-10)19-14(20)9-6-12-13(18-8-9)17-5-4-16-12/h1-8H,(H,19,20). The zero-order valence-electron chi connectivity index (χ0n) is 10.2.